The van der Waals surface area contributed by atoms with Crippen LogP contribution < -0.4 is 0 Å². The van der Waals surface area contributed by atoms with Gasteiger partial charge in [-0.25, -0.2) is 9.97 Å². The first kappa shape index (κ1) is 10.7. The van der Waals surface area contributed by atoms with E-state index in [2.05, 4.69) is 16.9 Å². The number of hydrogen-bond acceptors (Lipinski definition) is 2. The molecule has 1 aromatic rings. The van der Waals surface area contributed by atoms with Crippen molar-refractivity contribution in [1.82, 2.24) is 9.97 Å². The van der Waals surface area contributed by atoms with Gasteiger partial charge >= 0.3 is 0 Å². The molecule has 72 valence electrons. The van der Waals surface area contributed by atoms with Crippen LogP contribution in [0.25, 0.3) is 0 Å². The number of aromatic nitrogens is 2. The van der Waals surface area contributed by atoms with E-state index in [0.717, 1.165) is 30.7 Å². The second kappa shape index (κ2) is 4.77. The normalized spacial score (nSPS) is 10.5. The fraction of sp³-hybridized carbons (Fsp3) is 0.556. The maximum absolute atomic E-state index is 5.86. The third-order valence-electron chi connectivity index (χ3n) is 1.83. The van der Waals surface area contributed by atoms with Gasteiger partial charge < -0.3 is 0 Å². The SMILES string of the molecule is CCCCc1nc(Cl)c(C)c(Cl)n1. The van der Waals surface area contributed by atoms with Gasteiger partial charge in [0.2, 0.25) is 0 Å². The van der Waals surface area contributed by atoms with E-state index in [-0.39, 0.29) is 0 Å². The van der Waals surface area contributed by atoms with Crippen molar-refractivity contribution in [2.45, 2.75) is 33.1 Å². The molecule has 0 amide bonds. The van der Waals surface area contributed by atoms with E-state index in [4.69, 9.17) is 23.2 Å². The van der Waals surface area contributed by atoms with Gasteiger partial charge in [0.25, 0.3) is 0 Å². The largest absolute Gasteiger partial charge is 0.221 e. The minimum atomic E-state index is 0.464. The van der Waals surface area contributed by atoms with Crippen LogP contribution in [0.3, 0.4) is 0 Å². The van der Waals surface area contributed by atoms with E-state index in [1.54, 1.807) is 0 Å². The van der Waals surface area contributed by atoms with Crippen LogP contribution in [0.1, 0.15) is 31.2 Å². The molecule has 0 bridgehead atoms. The highest BCUT2D eigenvalue weighted by molar-refractivity contribution is 6.34. The minimum absolute atomic E-state index is 0.464. The molecule has 0 radical (unpaired) electrons. The lowest BCUT2D eigenvalue weighted by molar-refractivity contribution is 0.751. The van der Waals surface area contributed by atoms with Crippen LogP contribution in [-0.2, 0) is 6.42 Å². The van der Waals surface area contributed by atoms with Gasteiger partial charge in [-0.15, -0.1) is 0 Å². The molecule has 0 N–H and O–H groups in total. The molecule has 0 aromatic carbocycles. The first-order valence-corrected chi connectivity index (χ1v) is 5.09. The number of rotatable bonds is 3. The van der Waals surface area contributed by atoms with Crippen LogP contribution in [0.5, 0.6) is 0 Å². The highest BCUT2D eigenvalue weighted by atomic mass is 35.5. The van der Waals surface area contributed by atoms with Crippen molar-refractivity contribution >= 4 is 23.2 Å². The third-order valence-corrected chi connectivity index (χ3v) is 2.56. The molecular weight excluding hydrogens is 207 g/mol. The summed E-state index contributed by atoms with van der Waals surface area (Å²) >= 11 is 11.7. The van der Waals surface area contributed by atoms with E-state index >= 15 is 0 Å². The zero-order chi connectivity index (χ0) is 9.84. The third kappa shape index (κ3) is 2.82. The van der Waals surface area contributed by atoms with Gasteiger partial charge in [0.05, 0.1) is 0 Å². The van der Waals surface area contributed by atoms with Crippen molar-refractivity contribution in [3.63, 3.8) is 0 Å². The summed E-state index contributed by atoms with van der Waals surface area (Å²) in [6, 6.07) is 0. The van der Waals surface area contributed by atoms with E-state index in [0.29, 0.717) is 10.3 Å². The molecule has 1 aromatic heterocycles. The number of aryl methyl sites for hydroxylation is 1. The molecule has 0 aliphatic rings. The Morgan fingerprint density at radius 3 is 2.15 bits per heavy atom. The number of halogens is 2. The van der Waals surface area contributed by atoms with Crippen molar-refractivity contribution in [2.24, 2.45) is 0 Å². The Morgan fingerprint density at radius 2 is 1.69 bits per heavy atom. The maximum Gasteiger partial charge on any atom is 0.137 e. The molecule has 13 heavy (non-hydrogen) atoms. The second-order valence-electron chi connectivity index (χ2n) is 2.95. The van der Waals surface area contributed by atoms with Crippen molar-refractivity contribution in [1.29, 1.82) is 0 Å². The molecule has 2 nitrogen and oxygen atoms in total. The minimum Gasteiger partial charge on any atom is -0.221 e. The summed E-state index contributed by atoms with van der Waals surface area (Å²) in [4.78, 5) is 8.28. The van der Waals surface area contributed by atoms with E-state index in [9.17, 15) is 0 Å². The summed E-state index contributed by atoms with van der Waals surface area (Å²) < 4.78 is 0. The van der Waals surface area contributed by atoms with E-state index in [1.807, 2.05) is 6.92 Å². The molecular formula is C9H12Cl2N2. The lowest BCUT2D eigenvalue weighted by Crippen LogP contribution is -1.98. The van der Waals surface area contributed by atoms with Crippen LogP contribution in [0.4, 0.5) is 0 Å². The number of nitrogens with zero attached hydrogens (tertiary/aromatic N) is 2. The molecule has 0 atom stereocenters. The molecule has 1 rings (SSSR count). The van der Waals surface area contributed by atoms with Gasteiger partial charge in [-0.1, -0.05) is 36.5 Å². The average Bonchev–Trinajstić information content (AvgIpc) is 2.10. The van der Waals surface area contributed by atoms with E-state index in [1.165, 1.54) is 0 Å². The highest BCUT2D eigenvalue weighted by Crippen LogP contribution is 2.19. The monoisotopic (exact) mass is 218 g/mol. The Bertz CT molecular complexity index is 277. The van der Waals surface area contributed by atoms with Crippen molar-refractivity contribution in [2.75, 3.05) is 0 Å². The summed E-state index contributed by atoms with van der Waals surface area (Å²) in [6.07, 6.45) is 3.03. The van der Waals surface area contributed by atoms with Gasteiger partial charge in [0.15, 0.2) is 0 Å². The zero-order valence-electron chi connectivity index (χ0n) is 7.77. The van der Waals surface area contributed by atoms with Crippen molar-refractivity contribution < 1.29 is 0 Å². The van der Waals surface area contributed by atoms with Crippen molar-refractivity contribution in [3.8, 4) is 0 Å². The lowest BCUT2D eigenvalue weighted by Gasteiger charge is -2.03. The summed E-state index contributed by atoms with van der Waals surface area (Å²) in [5.41, 5.74) is 0.753. The van der Waals surface area contributed by atoms with Crippen molar-refractivity contribution in [3.05, 3.63) is 21.7 Å². The average molecular weight is 219 g/mol. The Labute approximate surface area is 88.3 Å². The van der Waals surface area contributed by atoms with Gasteiger partial charge in [-0.3, -0.25) is 0 Å². The molecule has 0 unspecified atom stereocenters. The van der Waals surface area contributed by atoms with Gasteiger partial charge in [-0.05, 0) is 13.3 Å². The molecule has 0 spiro atoms. The first-order chi connectivity index (χ1) is 6.15. The Hall–Kier alpha value is -0.340. The zero-order valence-corrected chi connectivity index (χ0v) is 9.28. The number of hydrogen-bond donors (Lipinski definition) is 0. The molecule has 0 aliphatic heterocycles. The van der Waals surface area contributed by atoms with Crippen LogP contribution in [0, 0.1) is 6.92 Å². The molecule has 1 heterocycles. The van der Waals surface area contributed by atoms with Gasteiger partial charge in [-0.2, -0.15) is 0 Å². The van der Waals surface area contributed by atoms with Crippen LogP contribution in [0.15, 0.2) is 0 Å². The van der Waals surface area contributed by atoms with Crippen LogP contribution in [0.2, 0.25) is 10.3 Å². The summed E-state index contributed by atoms with van der Waals surface area (Å²) in [7, 11) is 0. The fourth-order valence-corrected chi connectivity index (χ4v) is 1.37. The summed E-state index contributed by atoms with van der Waals surface area (Å²) in [5.74, 6) is 0.738. The Balaban J connectivity index is 2.86. The maximum atomic E-state index is 5.86. The standard InChI is InChI=1S/C9H12Cl2N2/c1-3-4-5-7-12-8(10)6(2)9(11)13-7/h3-5H2,1-2H3. The molecule has 0 saturated heterocycles. The smallest absolute Gasteiger partial charge is 0.137 e. The molecule has 0 fully saturated rings. The Kier molecular flexibility index (Phi) is 3.94. The summed E-state index contributed by atoms with van der Waals surface area (Å²) in [5, 5.41) is 0.928. The lowest BCUT2D eigenvalue weighted by atomic mass is 10.2. The molecule has 0 aliphatic carbocycles. The summed E-state index contributed by atoms with van der Waals surface area (Å²) in [6.45, 7) is 3.94. The Morgan fingerprint density at radius 1 is 1.15 bits per heavy atom. The van der Waals surface area contributed by atoms with Crippen LogP contribution >= 0.6 is 23.2 Å². The van der Waals surface area contributed by atoms with Crippen LogP contribution in [-0.4, -0.2) is 9.97 Å². The molecule has 4 heteroatoms. The highest BCUT2D eigenvalue weighted by Gasteiger charge is 2.06. The predicted molar refractivity (Wildman–Crippen MR) is 55.4 cm³/mol. The predicted octanol–water partition coefficient (Wildman–Crippen LogP) is 3.43. The fourth-order valence-electron chi connectivity index (χ4n) is 0.951. The topological polar surface area (TPSA) is 25.8 Å². The van der Waals surface area contributed by atoms with Gasteiger partial charge in [0, 0.05) is 12.0 Å². The quantitative estimate of drug-likeness (QED) is 0.727. The van der Waals surface area contributed by atoms with E-state index < -0.39 is 0 Å². The number of unbranched alkanes of at least 4 members (excludes halogenated alkanes) is 1. The van der Waals surface area contributed by atoms with Gasteiger partial charge in [0.1, 0.15) is 16.1 Å². The molecule has 0 saturated carbocycles. The first-order valence-electron chi connectivity index (χ1n) is 4.33. The second-order valence-corrected chi connectivity index (χ2v) is 3.67.